The number of alkyl halides is 2. The van der Waals surface area contributed by atoms with E-state index in [1.165, 1.54) is 0 Å². The largest absolute Gasteiger partial charge is 0.350 e. The molecule has 0 N–H and O–H groups in total. The topological polar surface area (TPSA) is 77.5 Å². The van der Waals surface area contributed by atoms with Gasteiger partial charge in [0.2, 0.25) is 0 Å². The Morgan fingerprint density at radius 2 is 2.00 bits per heavy atom. The van der Waals surface area contributed by atoms with Gasteiger partial charge in [-0.25, -0.2) is 23.4 Å². The van der Waals surface area contributed by atoms with Crippen molar-refractivity contribution in [2.75, 3.05) is 18.0 Å². The summed E-state index contributed by atoms with van der Waals surface area (Å²) in [5, 5.41) is 12.3. The van der Waals surface area contributed by atoms with Crippen LogP contribution in [0.5, 0.6) is 0 Å². The van der Waals surface area contributed by atoms with Gasteiger partial charge in [-0.1, -0.05) is 20.8 Å². The summed E-state index contributed by atoms with van der Waals surface area (Å²) in [5.74, 6) is -0.822. The van der Waals surface area contributed by atoms with E-state index in [4.69, 9.17) is 4.98 Å². The van der Waals surface area contributed by atoms with E-state index in [-0.39, 0.29) is 24.9 Å². The summed E-state index contributed by atoms with van der Waals surface area (Å²) in [4.78, 5) is 11.1. The molecule has 10 heteroatoms. The van der Waals surface area contributed by atoms with Crippen molar-refractivity contribution in [2.45, 2.75) is 45.1 Å². The van der Waals surface area contributed by atoms with Gasteiger partial charge in [0, 0.05) is 31.6 Å². The van der Waals surface area contributed by atoms with E-state index >= 15 is 0 Å². The second-order valence-electron chi connectivity index (χ2n) is 8.05. The summed E-state index contributed by atoms with van der Waals surface area (Å²) >= 11 is 0. The molecule has 1 saturated heterocycles. The Balaban J connectivity index is 1.84. The smallest absolute Gasteiger partial charge is 0.266 e. The number of tetrazole rings is 1. The third kappa shape index (κ3) is 3.24. The molecule has 0 amide bonds. The van der Waals surface area contributed by atoms with Crippen LogP contribution < -0.4 is 4.90 Å². The van der Waals surface area contributed by atoms with Crippen LogP contribution >= 0.6 is 0 Å². The van der Waals surface area contributed by atoms with E-state index in [1.807, 2.05) is 37.6 Å². The molecule has 0 bridgehead atoms. The zero-order valence-corrected chi connectivity index (χ0v) is 15.8. The highest BCUT2D eigenvalue weighted by atomic mass is 19.3. The second kappa shape index (κ2) is 5.93. The Kier molecular flexibility index (Phi) is 3.90. The van der Waals surface area contributed by atoms with Gasteiger partial charge >= 0.3 is 0 Å². The van der Waals surface area contributed by atoms with E-state index in [2.05, 4.69) is 20.5 Å². The van der Waals surface area contributed by atoms with Crippen LogP contribution in [0.25, 0.3) is 11.0 Å². The van der Waals surface area contributed by atoms with Crippen LogP contribution in [0.1, 0.15) is 38.8 Å². The minimum Gasteiger partial charge on any atom is -0.350 e. The lowest BCUT2D eigenvalue weighted by Crippen LogP contribution is -2.27. The third-order valence-corrected chi connectivity index (χ3v) is 4.76. The molecule has 27 heavy (non-hydrogen) atoms. The SMILES string of the molecule is Cn1nnnc1Cn1ccc2c(N3CCC(F)(F)C3)nc(C(C)(C)C)nc21. The lowest BCUT2D eigenvalue weighted by Gasteiger charge is -2.23. The van der Waals surface area contributed by atoms with Crippen molar-refractivity contribution in [3.8, 4) is 0 Å². The molecule has 0 unspecified atom stereocenters. The Hall–Kier alpha value is -2.65. The molecule has 0 aromatic carbocycles. The lowest BCUT2D eigenvalue weighted by atomic mass is 9.95. The second-order valence-corrected chi connectivity index (χ2v) is 8.05. The minimum absolute atomic E-state index is 0.158. The third-order valence-electron chi connectivity index (χ3n) is 4.76. The summed E-state index contributed by atoms with van der Waals surface area (Å²) in [6, 6.07) is 1.87. The van der Waals surface area contributed by atoms with Crippen molar-refractivity contribution in [3.05, 3.63) is 23.9 Å². The van der Waals surface area contributed by atoms with Gasteiger partial charge in [0.05, 0.1) is 18.5 Å². The molecule has 144 valence electrons. The molecule has 8 nitrogen and oxygen atoms in total. The van der Waals surface area contributed by atoms with Crippen LogP contribution in [-0.4, -0.2) is 53.8 Å². The fourth-order valence-electron chi connectivity index (χ4n) is 3.20. The Morgan fingerprint density at radius 1 is 1.22 bits per heavy atom. The summed E-state index contributed by atoms with van der Waals surface area (Å²) in [6.07, 6.45) is 1.72. The van der Waals surface area contributed by atoms with Crippen molar-refractivity contribution in [2.24, 2.45) is 7.05 Å². The number of halogens is 2. The molecule has 1 aliphatic heterocycles. The van der Waals surface area contributed by atoms with Crippen LogP contribution in [0.2, 0.25) is 0 Å². The highest BCUT2D eigenvalue weighted by molar-refractivity contribution is 5.88. The minimum atomic E-state index is -2.69. The molecule has 3 aromatic heterocycles. The number of aryl methyl sites for hydroxylation is 1. The Labute approximate surface area is 155 Å². The molecular weight excluding hydrogens is 354 g/mol. The van der Waals surface area contributed by atoms with Crippen molar-refractivity contribution in [3.63, 3.8) is 0 Å². The first kappa shape index (κ1) is 17.7. The zero-order valence-electron chi connectivity index (χ0n) is 15.8. The fourth-order valence-corrected chi connectivity index (χ4v) is 3.20. The molecule has 0 radical (unpaired) electrons. The van der Waals surface area contributed by atoms with Gasteiger partial charge in [0.25, 0.3) is 5.92 Å². The number of nitrogens with zero attached hydrogens (tertiary/aromatic N) is 8. The lowest BCUT2D eigenvalue weighted by molar-refractivity contribution is 0.0257. The van der Waals surface area contributed by atoms with E-state index in [0.29, 0.717) is 29.7 Å². The fraction of sp³-hybridized carbons (Fsp3) is 0.588. The van der Waals surface area contributed by atoms with Crippen LogP contribution in [0, 0.1) is 0 Å². The number of hydrogen-bond acceptors (Lipinski definition) is 6. The molecule has 3 aromatic rings. The van der Waals surface area contributed by atoms with Crippen LogP contribution in [0.15, 0.2) is 12.3 Å². The molecule has 0 atom stereocenters. The molecule has 0 aliphatic carbocycles. The zero-order chi connectivity index (χ0) is 19.4. The maximum atomic E-state index is 13.8. The number of rotatable bonds is 3. The van der Waals surface area contributed by atoms with Gasteiger partial charge < -0.3 is 9.47 Å². The van der Waals surface area contributed by atoms with E-state index in [1.54, 1.807) is 16.6 Å². The first-order valence-electron chi connectivity index (χ1n) is 8.85. The Morgan fingerprint density at radius 3 is 2.59 bits per heavy atom. The van der Waals surface area contributed by atoms with E-state index in [0.717, 1.165) is 5.39 Å². The van der Waals surface area contributed by atoms with Crippen molar-refractivity contribution >= 4 is 16.9 Å². The quantitative estimate of drug-likeness (QED) is 0.697. The first-order valence-corrected chi connectivity index (χ1v) is 8.85. The molecule has 4 rings (SSSR count). The average Bonchev–Trinajstić information content (AvgIpc) is 3.26. The van der Waals surface area contributed by atoms with E-state index in [9.17, 15) is 8.78 Å². The van der Waals surface area contributed by atoms with Crippen LogP contribution in [0.3, 0.4) is 0 Å². The van der Waals surface area contributed by atoms with Crippen LogP contribution in [-0.2, 0) is 19.0 Å². The molecule has 0 saturated carbocycles. The highest BCUT2D eigenvalue weighted by Crippen LogP contribution is 2.35. The molecule has 1 fully saturated rings. The predicted octanol–water partition coefficient (Wildman–Crippen LogP) is 2.15. The number of aromatic nitrogens is 7. The van der Waals surface area contributed by atoms with E-state index < -0.39 is 5.92 Å². The summed E-state index contributed by atoms with van der Waals surface area (Å²) in [7, 11) is 1.77. The highest BCUT2D eigenvalue weighted by Gasteiger charge is 2.40. The summed E-state index contributed by atoms with van der Waals surface area (Å²) < 4.78 is 31.1. The predicted molar refractivity (Wildman–Crippen MR) is 95.9 cm³/mol. The van der Waals surface area contributed by atoms with Gasteiger partial charge in [-0.2, -0.15) is 0 Å². The number of anilines is 1. The van der Waals surface area contributed by atoms with Crippen molar-refractivity contribution in [1.82, 2.24) is 34.7 Å². The summed E-state index contributed by atoms with van der Waals surface area (Å²) in [5.41, 5.74) is 0.384. The molecular formula is C17H22F2N8. The number of fused-ring (bicyclic) bond motifs is 1. The molecule has 1 aliphatic rings. The molecule has 4 heterocycles. The van der Waals surface area contributed by atoms with Crippen molar-refractivity contribution < 1.29 is 8.78 Å². The maximum absolute atomic E-state index is 13.8. The summed E-state index contributed by atoms with van der Waals surface area (Å²) in [6.45, 7) is 6.43. The van der Waals surface area contributed by atoms with Gasteiger partial charge in [-0.3, -0.25) is 0 Å². The Bertz CT molecular complexity index is 985. The number of hydrogen-bond donors (Lipinski definition) is 0. The monoisotopic (exact) mass is 376 g/mol. The standard InChI is InChI=1S/C17H22F2N8/c1-16(2,3)15-20-13-11(14(21-15)27-8-6-17(18,19)10-27)5-7-26(13)9-12-22-23-24-25(12)4/h5,7H,6,8-10H2,1-4H3. The van der Waals surface area contributed by atoms with Gasteiger partial charge in [-0.15, -0.1) is 5.10 Å². The maximum Gasteiger partial charge on any atom is 0.266 e. The van der Waals surface area contributed by atoms with Crippen molar-refractivity contribution in [1.29, 1.82) is 0 Å². The van der Waals surface area contributed by atoms with Gasteiger partial charge in [0.15, 0.2) is 5.82 Å². The molecule has 0 spiro atoms. The average molecular weight is 376 g/mol. The first-order chi connectivity index (χ1) is 12.6. The normalized spacial score (nSPS) is 17.2. The van der Waals surface area contributed by atoms with Gasteiger partial charge in [-0.05, 0) is 16.5 Å². The van der Waals surface area contributed by atoms with Crippen LogP contribution in [0.4, 0.5) is 14.6 Å². The van der Waals surface area contributed by atoms with Gasteiger partial charge in [0.1, 0.15) is 17.3 Å².